The van der Waals surface area contributed by atoms with Crippen LogP contribution in [-0.4, -0.2) is 31.9 Å². The van der Waals surface area contributed by atoms with Gasteiger partial charge < -0.3 is 5.32 Å². The van der Waals surface area contributed by atoms with E-state index in [2.05, 4.69) is 15.0 Å². The van der Waals surface area contributed by atoms with Crippen molar-refractivity contribution in [2.45, 2.75) is 37.0 Å². The van der Waals surface area contributed by atoms with Crippen LogP contribution in [0.5, 0.6) is 0 Å². The molecular weight excluding hydrogens is 376 g/mol. The fourth-order valence-corrected chi connectivity index (χ4v) is 4.82. The van der Waals surface area contributed by atoms with Gasteiger partial charge in [0.15, 0.2) is 0 Å². The van der Waals surface area contributed by atoms with E-state index in [4.69, 9.17) is 0 Å². The molecule has 0 fully saturated rings. The van der Waals surface area contributed by atoms with Crippen molar-refractivity contribution in [2.75, 3.05) is 18.9 Å². The third-order valence-corrected chi connectivity index (χ3v) is 6.92. The lowest BCUT2D eigenvalue weighted by Crippen LogP contribution is -2.19. The van der Waals surface area contributed by atoms with Gasteiger partial charge in [0, 0.05) is 23.9 Å². The minimum absolute atomic E-state index is 0.134. The van der Waals surface area contributed by atoms with Crippen molar-refractivity contribution in [2.24, 2.45) is 0 Å². The molecular formula is C16H20N4O4S2. The summed E-state index contributed by atoms with van der Waals surface area (Å²) in [6, 6.07) is 3.84. The Bertz CT molecular complexity index is 901. The molecule has 0 unspecified atom stereocenters. The number of thiazole rings is 1. The van der Waals surface area contributed by atoms with Gasteiger partial charge in [-0.25, -0.2) is 18.1 Å². The van der Waals surface area contributed by atoms with Gasteiger partial charge in [0.25, 0.3) is 5.69 Å². The fourth-order valence-electron chi connectivity index (χ4n) is 2.91. The number of benzene rings is 1. The van der Waals surface area contributed by atoms with Crippen LogP contribution in [0.1, 0.15) is 28.4 Å². The minimum atomic E-state index is -3.73. The van der Waals surface area contributed by atoms with Crippen molar-refractivity contribution in [3.05, 3.63) is 43.9 Å². The quantitative estimate of drug-likeness (QED) is 0.549. The van der Waals surface area contributed by atoms with Gasteiger partial charge >= 0.3 is 0 Å². The lowest BCUT2D eigenvalue weighted by atomic mass is 10.0. The molecule has 0 atom stereocenters. The van der Waals surface area contributed by atoms with Crippen LogP contribution < -0.4 is 10.0 Å². The van der Waals surface area contributed by atoms with Gasteiger partial charge in [-0.15, -0.1) is 11.3 Å². The SMILES string of the molecule is CNS(=O)(=O)c1ccc(NCCc2nc3c(s2)CCCC3)c([N+](=O)[O-])c1. The lowest BCUT2D eigenvalue weighted by Gasteiger charge is -2.08. The van der Waals surface area contributed by atoms with Crippen molar-refractivity contribution in [3.63, 3.8) is 0 Å². The Labute approximate surface area is 155 Å². The third kappa shape index (κ3) is 4.02. The molecule has 0 saturated carbocycles. The Morgan fingerprint density at radius 2 is 2.08 bits per heavy atom. The summed E-state index contributed by atoms with van der Waals surface area (Å²) < 4.78 is 25.8. The zero-order valence-electron chi connectivity index (χ0n) is 14.3. The number of rotatable bonds is 7. The largest absolute Gasteiger partial charge is 0.379 e. The molecule has 1 heterocycles. The predicted octanol–water partition coefficient (Wildman–Crippen LogP) is 2.49. The molecule has 10 heteroatoms. The second kappa shape index (κ2) is 7.68. The Morgan fingerprint density at radius 3 is 2.77 bits per heavy atom. The van der Waals surface area contributed by atoms with Crippen molar-refractivity contribution in [1.29, 1.82) is 0 Å². The maximum absolute atomic E-state index is 11.8. The van der Waals surface area contributed by atoms with Crippen molar-refractivity contribution in [1.82, 2.24) is 9.71 Å². The Hall–Kier alpha value is -2.04. The molecule has 140 valence electrons. The van der Waals surface area contributed by atoms with Crippen LogP contribution in [0.2, 0.25) is 0 Å². The topological polar surface area (TPSA) is 114 Å². The first-order valence-electron chi connectivity index (χ1n) is 8.34. The second-order valence-corrected chi connectivity index (χ2v) is 9.06. The van der Waals surface area contributed by atoms with Crippen molar-refractivity contribution >= 4 is 32.7 Å². The average Bonchev–Trinajstić information content (AvgIpc) is 3.04. The molecule has 1 aliphatic carbocycles. The number of nitrogens with zero attached hydrogens (tertiary/aromatic N) is 2. The molecule has 0 bridgehead atoms. The van der Waals surface area contributed by atoms with Crippen LogP contribution in [0.4, 0.5) is 11.4 Å². The van der Waals surface area contributed by atoms with E-state index in [1.807, 2.05) is 0 Å². The van der Waals surface area contributed by atoms with Gasteiger partial charge in [-0.1, -0.05) is 0 Å². The van der Waals surface area contributed by atoms with Crippen LogP contribution >= 0.6 is 11.3 Å². The van der Waals surface area contributed by atoms with Crippen LogP contribution in [-0.2, 0) is 29.3 Å². The summed E-state index contributed by atoms with van der Waals surface area (Å²) in [7, 11) is -2.46. The third-order valence-electron chi connectivity index (χ3n) is 4.29. The molecule has 0 saturated heterocycles. The molecule has 26 heavy (non-hydrogen) atoms. The molecule has 0 amide bonds. The van der Waals surface area contributed by atoms with E-state index in [0.29, 0.717) is 18.7 Å². The normalized spacial score (nSPS) is 14.0. The lowest BCUT2D eigenvalue weighted by molar-refractivity contribution is -0.384. The highest BCUT2D eigenvalue weighted by Gasteiger charge is 2.20. The van der Waals surface area contributed by atoms with E-state index in [9.17, 15) is 18.5 Å². The number of sulfonamides is 1. The van der Waals surface area contributed by atoms with Gasteiger partial charge in [-0.2, -0.15) is 0 Å². The maximum atomic E-state index is 11.8. The zero-order valence-corrected chi connectivity index (χ0v) is 16.0. The van der Waals surface area contributed by atoms with Gasteiger partial charge in [-0.3, -0.25) is 10.1 Å². The molecule has 0 aliphatic heterocycles. The first kappa shape index (κ1) is 18.7. The first-order chi connectivity index (χ1) is 12.4. The number of nitrogens with one attached hydrogen (secondary N) is 2. The second-order valence-electron chi connectivity index (χ2n) is 6.00. The van der Waals surface area contributed by atoms with E-state index in [0.717, 1.165) is 23.9 Å². The van der Waals surface area contributed by atoms with E-state index >= 15 is 0 Å². The Kier molecular flexibility index (Phi) is 5.54. The highest BCUT2D eigenvalue weighted by molar-refractivity contribution is 7.89. The highest BCUT2D eigenvalue weighted by Crippen LogP contribution is 2.29. The number of aromatic nitrogens is 1. The summed E-state index contributed by atoms with van der Waals surface area (Å²) in [5.41, 5.74) is 1.23. The smallest absolute Gasteiger partial charge is 0.293 e. The van der Waals surface area contributed by atoms with Crippen molar-refractivity contribution in [3.8, 4) is 0 Å². The summed E-state index contributed by atoms with van der Waals surface area (Å²) in [6.45, 7) is 0.491. The van der Waals surface area contributed by atoms with E-state index in [-0.39, 0.29) is 10.6 Å². The van der Waals surface area contributed by atoms with Gasteiger partial charge in [0.05, 0.1) is 20.5 Å². The Balaban J connectivity index is 1.71. The van der Waals surface area contributed by atoms with E-state index < -0.39 is 14.9 Å². The summed E-state index contributed by atoms with van der Waals surface area (Å²) in [4.78, 5) is 16.6. The summed E-state index contributed by atoms with van der Waals surface area (Å²) >= 11 is 1.72. The molecule has 2 aromatic rings. The fraction of sp³-hybridized carbons (Fsp3) is 0.438. The van der Waals surface area contributed by atoms with Crippen LogP contribution in [0.3, 0.4) is 0 Å². The first-order valence-corrected chi connectivity index (χ1v) is 10.6. The van der Waals surface area contributed by atoms with Gasteiger partial charge in [-0.05, 0) is 44.9 Å². The van der Waals surface area contributed by atoms with Crippen LogP contribution in [0, 0.1) is 10.1 Å². The molecule has 1 aliphatic rings. The molecule has 0 spiro atoms. The number of nitro groups is 1. The average molecular weight is 396 g/mol. The Morgan fingerprint density at radius 1 is 1.31 bits per heavy atom. The molecule has 8 nitrogen and oxygen atoms in total. The van der Waals surface area contributed by atoms with Crippen LogP contribution in [0.25, 0.3) is 0 Å². The molecule has 3 rings (SSSR count). The number of fused-ring (bicyclic) bond motifs is 1. The zero-order chi connectivity index (χ0) is 18.7. The number of nitro benzene ring substituents is 1. The number of anilines is 1. The predicted molar refractivity (Wildman–Crippen MR) is 100 cm³/mol. The molecule has 1 aromatic heterocycles. The van der Waals surface area contributed by atoms with Gasteiger partial charge in [0.1, 0.15) is 5.69 Å². The highest BCUT2D eigenvalue weighted by atomic mass is 32.2. The molecule has 2 N–H and O–H groups in total. The number of aryl methyl sites for hydroxylation is 2. The maximum Gasteiger partial charge on any atom is 0.293 e. The standard InChI is InChI=1S/C16H20N4O4S2/c1-17-26(23,24)11-6-7-12(14(10-11)20(21)22)18-9-8-16-19-13-4-2-3-5-15(13)25-16/h6-7,10,17-18H,2-5,8-9H2,1H3. The van der Waals surface area contributed by atoms with Crippen molar-refractivity contribution < 1.29 is 13.3 Å². The number of hydrogen-bond donors (Lipinski definition) is 2. The van der Waals surface area contributed by atoms with E-state index in [1.165, 1.54) is 42.6 Å². The minimum Gasteiger partial charge on any atom is -0.379 e. The van der Waals surface area contributed by atoms with E-state index in [1.54, 1.807) is 11.3 Å². The molecule has 0 radical (unpaired) electrons. The molecule has 1 aromatic carbocycles. The summed E-state index contributed by atoms with van der Waals surface area (Å²) in [5, 5.41) is 15.4. The van der Waals surface area contributed by atoms with Gasteiger partial charge in [0.2, 0.25) is 10.0 Å². The summed E-state index contributed by atoms with van der Waals surface area (Å²) in [5.74, 6) is 0. The number of hydrogen-bond acceptors (Lipinski definition) is 7. The monoisotopic (exact) mass is 396 g/mol. The van der Waals surface area contributed by atoms with Crippen LogP contribution in [0.15, 0.2) is 23.1 Å². The summed E-state index contributed by atoms with van der Waals surface area (Å²) in [6.07, 6.45) is 5.19.